The van der Waals surface area contributed by atoms with E-state index in [1.54, 1.807) is 0 Å². The average Bonchev–Trinajstić information content (AvgIpc) is 2.81. The summed E-state index contributed by atoms with van der Waals surface area (Å²) in [5.74, 6) is 1.54. The highest BCUT2D eigenvalue weighted by atomic mass is 16.5. The fraction of sp³-hybridized carbons (Fsp3) is 0.533. The lowest BCUT2D eigenvalue weighted by Crippen LogP contribution is -2.30. The molecule has 0 bridgehead atoms. The Balaban J connectivity index is 2.22. The van der Waals surface area contributed by atoms with Crippen molar-refractivity contribution in [3.63, 3.8) is 0 Å². The zero-order valence-electron chi connectivity index (χ0n) is 11.3. The first-order valence-electron chi connectivity index (χ1n) is 6.58. The van der Waals surface area contributed by atoms with E-state index in [1.165, 1.54) is 0 Å². The first-order valence-corrected chi connectivity index (χ1v) is 6.58. The van der Waals surface area contributed by atoms with Crippen LogP contribution < -0.4 is 10.1 Å². The lowest BCUT2D eigenvalue weighted by Gasteiger charge is -2.19. The lowest BCUT2D eigenvalue weighted by atomic mass is 9.87. The quantitative estimate of drug-likeness (QED) is 0.811. The first-order chi connectivity index (χ1) is 8.63. The van der Waals surface area contributed by atoms with Gasteiger partial charge in [-0.3, -0.25) is 4.79 Å². The Kier molecular flexibility index (Phi) is 4.02. The molecule has 0 fully saturated rings. The van der Waals surface area contributed by atoms with Gasteiger partial charge in [0.25, 0.3) is 0 Å². The molecule has 98 valence electrons. The molecule has 18 heavy (non-hydrogen) atoms. The van der Waals surface area contributed by atoms with Crippen molar-refractivity contribution in [3.8, 4) is 5.75 Å². The molecule has 1 heterocycles. The molecule has 1 aliphatic heterocycles. The summed E-state index contributed by atoms with van der Waals surface area (Å²) >= 11 is 0. The zero-order chi connectivity index (χ0) is 13.1. The molecule has 3 nitrogen and oxygen atoms in total. The number of Topliss-reactive ketones (excluding diaryl/α,β-unsaturated/α-hetero) is 1. The van der Waals surface area contributed by atoms with Crippen molar-refractivity contribution < 1.29 is 9.53 Å². The lowest BCUT2D eigenvalue weighted by molar-refractivity contribution is 0.0886. The van der Waals surface area contributed by atoms with Gasteiger partial charge in [-0.1, -0.05) is 13.8 Å². The third-order valence-electron chi connectivity index (χ3n) is 3.54. The van der Waals surface area contributed by atoms with Crippen molar-refractivity contribution in [2.24, 2.45) is 11.8 Å². The van der Waals surface area contributed by atoms with Gasteiger partial charge in [0.1, 0.15) is 5.75 Å². The molecule has 1 unspecified atom stereocenters. The molecule has 1 aromatic rings. The van der Waals surface area contributed by atoms with E-state index >= 15 is 0 Å². The summed E-state index contributed by atoms with van der Waals surface area (Å²) < 4.78 is 5.46. The second kappa shape index (κ2) is 5.53. The number of hydrogen-bond acceptors (Lipinski definition) is 3. The number of ketones is 1. The van der Waals surface area contributed by atoms with Gasteiger partial charge in [-0.2, -0.15) is 0 Å². The third kappa shape index (κ3) is 2.56. The number of benzene rings is 1. The van der Waals surface area contributed by atoms with Gasteiger partial charge in [-0.25, -0.2) is 0 Å². The number of hydrogen-bond donors (Lipinski definition) is 1. The van der Waals surface area contributed by atoms with Gasteiger partial charge in [0.15, 0.2) is 5.78 Å². The van der Waals surface area contributed by atoms with E-state index in [4.69, 9.17) is 4.74 Å². The van der Waals surface area contributed by atoms with Gasteiger partial charge in [-0.05, 0) is 36.7 Å². The third-order valence-corrected chi connectivity index (χ3v) is 3.54. The van der Waals surface area contributed by atoms with E-state index in [-0.39, 0.29) is 11.7 Å². The molecular weight excluding hydrogens is 226 g/mol. The van der Waals surface area contributed by atoms with Crippen LogP contribution in [0, 0.1) is 11.8 Å². The van der Waals surface area contributed by atoms with Crippen LogP contribution in [0.5, 0.6) is 5.75 Å². The highest BCUT2D eigenvalue weighted by molar-refractivity contribution is 5.98. The van der Waals surface area contributed by atoms with Gasteiger partial charge in [0, 0.05) is 24.4 Å². The molecule has 0 amide bonds. The second-order valence-electron chi connectivity index (χ2n) is 5.19. The van der Waals surface area contributed by atoms with Crippen LogP contribution in [-0.4, -0.2) is 26.0 Å². The molecule has 1 atom stereocenters. The van der Waals surface area contributed by atoms with Crippen molar-refractivity contribution in [1.29, 1.82) is 0 Å². The Labute approximate surface area is 109 Å². The number of rotatable bonds is 5. The summed E-state index contributed by atoms with van der Waals surface area (Å²) in [6.07, 6.45) is 0.912. The molecule has 1 N–H and O–H groups in total. The second-order valence-corrected chi connectivity index (χ2v) is 5.19. The molecule has 0 saturated heterocycles. The predicted molar refractivity (Wildman–Crippen MR) is 72.2 cm³/mol. The zero-order valence-corrected chi connectivity index (χ0v) is 11.3. The minimum atomic E-state index is 0.0374. The normalized spacial score (nSPS) is 15.3. The van der Waals surface area contributed by atoms with Gasteiger partial charge >= 0.3 is 0 Å². The van der Waals surface area contributed by atoms with Crippen LogP contribution in [0.15, 0.2) is 18.2 Å². The monoisotopic (exact) mass is 247 g/mol. The van der Waals surface area contributed by atoms with E-state index in [0.29, 0.717) is 5.92 Å². The minimum absolute atomic E-state index is 0.0374. The highest BCUT2D eigenvalue weighted by Gasteiger charge is 2.24. The topological polar surface area (TPSA) is 38.3 Å². The Morgan fingerprint density at radius 1 is 1.44 bits per heavy atom. The van der Waals surface area contributed by atoms with Gasteiger partial charge in [0.2, 0.25) is 0 Å². The number of ether oxygens (including phenoxy) is 1. The summed E-state index contributed by atoms with van der Waals surface area (Å²) in [5.41, 5.74) is 1.97. The smallest absolute Gasteiger partial charge is 0.167 e. The van der Waals surface area contributed by atoms with Crippen molar-refractivity contribution in [1.82, 2.24) is 5.32 Å². The molecule has 1 aromatic carbocycles. The van der Waals surface area contributed by atoms with Crippen LogP contribution in [0.25, 0.3) is 0 Å². The average molecular weight is 247 g/mol. The maximum Gasteiger partial charge on any atom is 0.167 e. The molecule has 0 aliphatic carbocycles. The van der Waals surface area contributed by atoms with Gasteiger partial charge in [0.05, 0.1) is 6.61 Å². The molecule has 0 aromatic heterocycles. The van der Waals surface area contributed by atoms with E-state index in [1.807, 2.05) is 25.2 Å². The number of nitrogens with one attached hydrogen (secondary N) is 1. The van der Waals surface area contributed by atoms with Gasteiger partial charge in [-0.15, -0.1) is 0 Å². The highest BCUT2D eigenvalue weighted by Crippen LogP contribution is 2.27. The molecule has 0 spiro atoms. The standard InChI is InChI=1S/C15H21NO2/c1-10(2)13(9-16-3)15(17)12-4-5-14-11(8-12)6-7-18-14/h4-5,8,10,13,16H,6-7,9H2,1-3H3. The van der Waals surface area contributed by atoms with Crippen molar-refractivity contribution >= 4 is 5.78 Å². The van der Waals surface area contributed by atoms with Crippen LogP contribution in [0.1, 0.15) is 29.8 Å². The molecule has 2 rings (SSSR count). The van der Waals surface area contributed by atoms with Gasteiger partial charge < -0.3 is 10.1 Å². The summed E-state index contributed by atoms with van der Waals surface area (Å²) in [4.78, 5) is 12.5. The van der Waals surface area contributed by atoms with Crippen LogP contribution in [-0.2, 0) is 6.42 Å². The van der Waals surface area contributed by atoms with Crippen LogP contribution >= 0.6 is 0 Å². The van der Waals surface area contributed by atoms with E-state index in [2.05, 4.69) is 19.2 Å². The van der Waals surface area contributed by atoms with Crippen molar-refractivity contribution in [2.45, 2.75) is 20.3 Å². The largest absolute Gasteiger partial charge is 0.493 e. The molecule has 0 radical (unpaired) electrons. The van der Waals surface area contributed by atoms with E-state index < -0.39 is 0 Å². The maximum absolute atomic E-state index is 12.5. The maximum atomic E-state index is 12.5. The Hall–Kier alpha value is -1.35. The molecule has 3 heteroatoms. The summed E-state index contributed by atoms with van der Waals surface area (Å²) in [6.45, 7) is 5.65. The van der Waals surface area contributed by atoms with Crippen LogP contribution in [0.2, 0.25) is 0 Å². The summed E-state index contributed by atoms with van der Waals surface area (Å²) in [6, 6.07) is 5.81. The van der Waals surface area contributed by atoms with Crippen molar-refractivity contribution in [3.05, 3.63) is 29.3 Å². The van der Waals surface area contributed by atoms with Crippen LogP contribution in [0.4, 0.5) is 0 Å². The van der Waals surface area contributed by atoms with Crippen molar-refractivity contribution in [2.75, 3.05) is 20.2 Å². The van der Waals surface area contributed by atoms with E-state index in [9.17, 15) is 4.79 Å². The fourth-order valence-electron chi connectivity index (χ4n) is 2.40. The Morgan fingerprint density at radius 2 is 2.22 bits per heavy atom. The molecular formula is C15H21NO2. The Bertz CT molecular complexity index is 440. The van der Waals surface area contributed by atoms with E-state index in [0.717, 1.165) is 36.4 Å². The molecule has 0 saturated carbocycles. The molecule has 1 aliphatic rings. The fourth-order valence-corrected chi connectivity index (χ4v) is 2.40. The number of carbonyl (C=O) groups excluding carboxylic acids is 1. The summed E-state index contributed by atoms with van der Waals surface area (Å²) in [7, 11) is 1.89. The number of fused-ring (bicyclic) bond motifs is 1. The minimum Gasteiger partial charge on any atom is -0.493 e. The summed E-state index contributed by atoms with van der Waals surface area (Å²) in [5, 5.41) is 3.11. The number of carbonyl (C=O) groups is 1. The predicted octanol–water partition coefficient (Wildman–Crippen LogP) is 2.30. The SMILES string of the molecule is CNCC(C(=O)c1ccc2c(c1)CCO2)C(C)C. The first kappa shape index (κ1) is 13.1. The van der Waals surface area contributed by atoms with Crippen LogP contribution in [0.3, 0.4) is 0 Å². The Morgan fingerprint density at radius 3 is 2.89 bits per heavy atom.